The lowest BCUT2D eigenvalue weighted by atomic mass is 10.1. The second-order valence-electron chi connectivity index (χ2n) is 4.67. The highest BCUT2D eigenvalue weighted by Crippen LogP contribution is 2.23. The van der Waals surface area contributed by atoms with Crippen molar-refractivity contribution in [3.8, 4) is 0 Å². The van der Waals surface area contributed by atoms with E-state index in [-0.39, 0.29) is 0 Å². The van der Waals surface area contributed by atoms with E-state index < -0.39 is 0 Å². The molecule has 1 N–H and O–H groups in total. The van der Waals surface area contributed by atoms with Crippen molar-refractivity contribution >= 4 is 23.2 Å². The van der Waals surface area contributed by atoms with Crippen LogP contribution in [0, 0.1) is 0 Å². The summed E-state index contributed by atoms with van der Waals surface area (Å²) in [7, 11) is 0. The Morgan fingerprint density at radius 3 is 2.47 bits per heavy atom. The molecule has 0 saturated carbocycles. The Bertz CT molecular complexity index is 337. The minimum atomic E-state index is 0.588. The minimum Gasteiger partial charge on any atom is -0.315 e. The number of rotatable bonds is 7. The predicted molar refractivity (Wildman–Crippen MR) is 77.2 cm³/mol. The largest absolute Gasteiger partial charge is 0.315 e. The minimum absolute atomic E-state index is 0.588. The zero-order valence-corrected chi connectivity index (χ0v) is 12.1. The number of unbranched alkanes of at least 4 members (excludes halogenated alkanes) is 2. The first-order valence-electron chi connectivity index (χ1n) is 6.27. The summed E-state index contributed by atoms with van der Waals surface area (Å²) in [4.78, 5) is 0. The van der Waals surface area contributed by atoms with E-state index in [9.17, 15) is 0 Å². The predicted octanol–water partition coefficient (Wildman–Crippen LogP) is 4.70. The second kappa shape index (κ2) is 7.97. The van der Waals surface area contributed by atoms with Crippen molar-refractivity contribution in [3.63, 3.8) is 0 Å². The molecule has 1 aromatic carbocycles. The molecule has 0 saturated heterocycles. The lowest BCUT2D eigenvalue weighted by Gasteiger charge is -2.07. The lowest BCUT2D eigenvalue weighted by Crippen LogP contribution is -2.23. The Kier molecular flexibility index (Phi) is 6.94. The Labute approximate surface area is 115 Å². The zero-order chi connectivity index (χ0) is 12.7. The Balaban J connectivity index is 2.16. The van der Waals surface area contributed by atoms with Crippen molar-refractivity contribution in [2.45, 2.75) is 45.6 Å². The highest BCUT2D eigenvalue weighted by Gasteiger charge is 1.99. The van der Waals surface area contributed by atoms with E-state index in [1.54, 1.807) is 0 Å². The second-order valence-corrected chi connectivity index (χ2v) is 5.48. The first-order chi connectivity index (χ1) is 8.09. The van der Waals surface area contributed by atoms with Crippen LogP contribution in [0.15, 0.2) is 18.2 Å². The van der Waals surface area contributed by atoms with Gasteiger partial charge in [-0.15, -0.1) is 0 Å². The molecule has 0 bridgehead atoms. The lowest BCUT2D eigenvalue weighted by molar-refractivity contribution is 0.548. The van der Waals surface area contributed by atoms with Crippen LogP contribution in [0.4, 0.5) is 0 Å². The summed E-state index contributed by atoms with van der Waals surface area (Å²) >= 11 is 11.8. The number of nitrogens with one attached hydrogen (secondary N) is 1. The van der Waals surface area contributed by atoms with Crippen LogP contribution in [-0.2, 0) is 6.42 Å². The highest BCUT2D eigenvalue weighted by atomic mass is 35.5. The van der Waals surface area contributed by atoms with Crippen LogP contribution in [0.25, 0.3) is 0 Å². The summed E-state index contributed by atoms with van der Waals surface area (Å²) in [6.07, 6.45) is 4.77. The molecule has 96 valence electrons. The van der Waals surface area contributed by atoms with E-state index >= 15 is 0 Å². The molecule has 0 spiro atoms. The summed E-state index contributed by atoms with van der Waals surface area (Å²) in [5.41, 5.74) is 1.27. The SMILES string of the molecule is CC(C)NCCCCCc1ccc(Cl)c(Cl)c1. The van der Waals surface area contributed by atoms with Crippen molar-refractivity contribution in [1.29, 1.82) is 0 Å². The van der Waals surface area contributed by atoms with Crippen molar-refractivity contribution < 1.29 is 0 Å². The maximum atomic E-state index is 5.97. The molecule has 0 heterocycles. The molecule has 0 aliphatic rings. The zero-order valence-electron chi connectivity index (χ0n) is 10.6. The van der Waals surface area contributed by atoms with Crippen LogP contribution in [0.1, 0.15) is 38.7 Å². The topological polar surface area (TPSA) is 12.0 Å². The van der Waals surface area contributed by atoms with Crippen LogP contribution in [0.2, 0.25) is 10.0 Å². The van der Waals surface area contributed by atoms with E-state index in [2.05, 4.69) is 25.2 Å². The van der Waals surface area contributed by atoms with Gasteiger partial charge in [0.25, 0.3) is 0 Å². The molecule has 0 amide bonds. The van der Waals surface area contributed by atoms with E-state index in [1.807, 2.05) is 12.1 Å². The third kappa shape index (κ3) is 6.30. The molecule has 1 rings (SSSR count). The quantitative estimate of drug-likeness (QED) is 0.710. The summed E-state index contributed by atoms with van der Waals surface area (Å²) in [6.45, 7) is 5.46. The van der Waals surface area contributed by atoms with Gasteiger partial charge in [0.2, 0.25) is 0 Å². The van der Waals surface area contributed by atoms with Gasteiger partial charge in [-0.05, 0) is 43.5 Å². The number of halogens is 2. The smallest absolute Gasteiger partial charge is 0.0595 e. The first kappa shape index (κ1) is 14.8. The van der Waals surface area contributed by atoms with Crippen LogP contribution >= 0.6 is 23.2 Å². The molecule has 0 aliphatic heterocycles. The molecule has 0 aliphatic carbocycles. The average molecular weight is 274 g/mol. The molecule has 0 unspecified atom stereocenters. The summed E-state index contributed by atoms with van der Waals surface area (Å²) in [5.74, 6) is 0. The molecule has 0 fully saturated rings. The van der Waals surface area contributed by atoms with Gasteiger partial charge >= 0.3 is 0 Å². The van der Waals surface area contributed by atoms with Gasteiger partial charge in [-0.2, -0.15) is 0 Å². The standard InChI is InChI=1S/C14H21Cl2N/c1-11(2)17-9-5-3-4-6-12-7-8-13(15)14(16)10-12/h7-8,10-11,17H,3-6,9H2,1-2H3. The maximum absolute atomic E-state index is 5.97. The number of benzene rings is 1. The summed E-state index contributed by atoms with van der Waals surface area (Å²) in [6, 6.07) is 6.49. The number of aryl methyl sites for hydroxylation is 1. The molecular weight excluding hydrogens is 253 g/mol. The normalized spacial score (nSPS) is 11.1. The van der Waals surface area contributed by atoms with Gasteiger partial charge < -0.3 is 5.32 Å². The van der Waals surface area contributed by atoms with E-state index in [4.69, 9.17) is 23.2 Å². The molecule has 0 aromatic heterocycles. The van der Waals surface area contributed by atoms with E-state index in [0.717, 1.165) is 13.0 Å². The highest BCUT2D eigenvalue weighted by molar-refractivity contribution is 6.42. The van der Waals surface area contributed by atoms with Crippen LogP contribution in [0.3, 0.4) is 0 Å². The van der Waals surface area contributed by atoms with Gasteiger partial charge in [-0.3, -0.25) is 0 Å². The third-order valence-corrected chi connectivity index (χ3v) is 3.42. The van der Waals surface area contributed by atoms with Gasteiger partial charge in [-0.25, -0.2) is 0 Å². The monoisotopic (exact) mass is 273 g/mol. The molecule has 0 radical (unpaired) electrons. The molecule has 17 heavy (non-hydrogen) atoms. The maximum Gasteiger partial charge on any atom is 0.0595 e. The number of hydrogen-bond acceptors (Lipinski definition) is 1. The third-order valence-electron chi connectivity index (χ3n) is 2.68. The summed E-state index contributed by atoms with van der Waals surface area (Å²) in [5, 5.41) is 4.72. The summed E-state index contributed by atoms with van der Waals surface area (Å²) < 4.78 is 0. The fourth-order valence-corrected chi connectivity index (χ4v) is 2.04. The van der Waals surface area contributed by atoms with E-state index in [1.165, 1.54) is 24.8 Å². The molecule has 1 nitrogen and oxygen atoms in total. The van der Waals surface area contributed by atoms with Crippen LogP contribution in [0.5, 0.6) is 0 Å². The first-order valence-corrected chi connectivity index (χ1v) is 7.02. The van der Waals surface area contributed by atoms with Crippen molar-refractivity contribution in [2.75, 3.05) is 6.54 Å². The fraction of sp³-hybridized carbons (Fsp3) is 0.571. The molecular formula is C14H21Cl2N. The molecule has 1 aromatic rings. The van der Waals surface area contributed by atoms with Gasteiger partial charge in [0.15, 0.2) is 0 Å². The fourth-order valence-electron chi connectivity index (χ4n) is 1.72. The van der Waals surface area contributed by atoms with Crippen LogP contribution in [-0.4, -0.2) is 12.6 Å². The van der Waals surface area contributed by atoms with Crippen molar-refractivity contribution in [2.24, 2.45) is 0 Å². The molecule has 3 heteroatoms. The van der Waals surface area contributed by atoms with Gasteiger partial charge in [-0.1, -0.05) is 49.5 Å². The average Bonchev–Trinajstić information content (AvgIpc) is 2.27. The van der Waals surface area contributed by atoms with E-state index in [0.29, 0.717) is 16.1 Å². The van der Waals surface area contributed by atoms with Crippen LogP contribution < -0.4 is 5.32 Å². The Hall–Kier alpha value is -0.240. The Morgan fingerprint density at radius 1 is 1.06 bits per heavy atom. The number of hydrogen-bond donors (Lipinski definition) is 1. The van der Waals surface area contributed by atoms with Gasteiger partial charge in [0.1, 0.15) is 0 Å². The van der Waals surface area contributed by atoms with Crippen molar-refractivity contribution in [1.82, 2.24) is 5.32 Å². The van der Waals surface area contributed by atoms with Gasteiger partial charge in [0, 0.05) is 6.04 Å². The van der Waals surface area contributed by atoms with Gasteiger partial charge in [0.05, 0.1) is 10.0 Å². The Morgan fingerprint density at radius 2 is 1.82 bits per heavy atom. The van der Waals surface area contributed by atoms with Crippen molar-refractivity contribution in [3.05, 3.63) is 33.8 Å². The molecule has 0 atom stereocenters.